The molecule has 1 heterocycles. The van der Waals surface area contributed by atoms with Crippen LogP contribution in [-0.2, 0) is 5.41 Å². The largest absolute Gasteiger partial charge is 0.323 e. The molecule has 4 nitrogen and oxygen atoms in total. The van der Waals surface area contributed by atoms with E-state index in [-0.39, 0.29) is 5.41 Å². The van der Waals surface area contributed by atoms with Crippen molar-refractivity contribution in [1.29, 1.82) is 5.26 Å². The molecule has 0 fully saturated rings. The molecule has 0 bridgehead atoms. The highest BCUT2D eigenvalue weighted by molar-refractivity contribution is 5.78. The number of nitriles is 1. The molecule has 82 valence electrons. The molecule has 0 aliphatic heterocycles. The summed E-state index contributed by atoms with van der Waals surface area (Å²) in [5.74, 6) is 0.489. The van der Waals surface area contributed by atoms with Gasteiger partial charge in [-0.25, -0.2) is 4.98 Å². The van der Waals surface area contributed by atoms with Crippen LogP contribution in [0.1, 0.15) is 26.3 Å². The van der Waals surface area contributed by atoms with E-state index < -0.39 is 0 Å². The first-order chi connectivity index (χ1) is 7.50. The molecule has 0 saturated heterocycles. The van der Waals surface area contributed by atoms with Crippen LogP contribution in [0, 0.1) is 11.5 Å². The van der Waals surface area contributed by atoms with E-state index in [1.807, 2.05) is 12.3 Å². The van der Waals surface area contributed by atoms with Gasteiger partial charge in [-0.05, 0) is 23.1 Å². The monoisotopic (exact) mass is 214 g/mol. The van der Waals surface area contributed by atoms with Gasteiger partial charge in [-0.2, -0.15) is 5.26 Å². The van der Waals surface area contributed by atoms with E-state index >= 15 is 0 Å². The molecule has 4 heteroatoms. The second kappa shape index (κ2) is 3.53. The lowest BCUT2D eigenvalue weighted by Crippen LogP contribution is -2.10. The van der Waals surface area contributed by atoms with Crippen molar-refractivity contribution >= 4 is 17.0 Å². The third-order valence-electron chi connectivity index (χ3n) is 2.52. The normalized spacial score (nSPS) is 11.4. The van der Waals surface area contributed by atoms with Crippen molar-refractivity contribution in [2.45, 2.75) is 26.2 Å². The maximum absolute atomic E-state index is 8.51. The van der Waals surface area contributed by atoms with E-state index in [4.69, 9.17) is 5.26 Å². The number of nitrogens with zero attached hydrogens (tertiary/aromatic N) is 2. The summed E-state index contributed by atoms with van der Waals surface area (Å²) in [5, 5.41) is 11.0. The fourth-order valence-corrected chi connectivity index (χ4v) is 1.59. The quantitative estimate of drug-likeness (QED) is 0.566. The lowest BCUT2D eigenvalue weighted by Gasteiger charge is -2.18. The average Bonchev–Trinajstić information content (AvgIpc) is 2.57. The van der Waals surface area contributed by atoms with Gasteiger partial charge in [-0.3, -0.25) is 5.32 Å². The predicted octanol–water partition coefficient (Wildman–Crippen LogP) is 2.75. The van der Waals surface area contributed by atoms with E-state index in [9.17, 15) is 0 Å². The molecule has 0 unspecified atom stereocenters. The van der Waals surface area contributed by atoms with Crippen LogP contribution in [0.3, 0.4) is 0 Å². The van der Waals surface area contributed by atoms with Crippen molar-refractivity contribution < 1.29 is 0 Å². The van der Waals surface area contributed by atoms with Crippen LogP contribution in [0.4, 0.5) is 5.95 Å². The van der Waals surface area contributed by atoms with Gasteiger partial charge in [0.05, 0.1) is 11.0 Å². The second-order valence-electron chi connectivity index (χ2n) is 4.80. The molecule has 0 aliphatic rings. The molecule has 0 spiro atoms. The Balaban J connectivity index is 2.51. The molecule has 2 rings (SSSR count). The van der Waals surface area contributed by atoms with E-state index in [0.717, 1.165) is 11.0 Å². The minimum atomic E-state index is 0.113. The summed E-state index contributed by atoms with van der Waals surface area (Å²) < 4.78 is 0. The number of aromatic nitrogens is 2. The van der Waals surface area contributed by atoms with Gasteiger partial charge < -0.3 is 4.98 Å². The van der Waals surface area contributed by atoms with Crippen LogP contribution in [-0.4, -0.2) is 9.97 Å². The molecular formula is C12H14N4. The molecule has 1 aromatic carbocycles. The lowest BCUT2D eigenvalue weighted by molar-refractivity contribution is 0.591. The SMILES string of the molecule is CC(C)(C)c1ccc2nc(NC#N)[nH]c2c1. The Labute approximate surface area is 94.3 Å². The Bertz CT molecular complexity index is 554. The van der Waals surface area contributed by atoms with E-state index in [1.165, 1.54) is 5.56 Å². The molecule has 0 radical (unpaired) electrons. The molecule has 16 heavy (non-hydrogen) atoms. The molecule has 0 saturated carbocycles. The number of aromatic amines is 1. The highest BCUT2D eigenvalue weighted by atomic mass is 15.1. The van der Waals surface area contributed by atoms with Gasteiger partial charge in [0, 0.05) is 0 Å². The van der Waals surface area contributed by atoms with Gasteiger partial charge in [-0.1, -0.05) is 26.8 Å². The second-order valence-corrected chi connectivity index (χ2v) is 4.80. The number of anilines is 1. The summed E-state index contributed by atoms with van der Waals surface area (Å²) in [6, 6.07) is 6.11. The van der Waals surface area contributed by atoms with E-state index in [2.05, 4.69) is 48.2 Å². The third kappa shape index (κ3) is 1.84. The van der Waals surface area contributed by atoms with Crippen LogP contribution >= 0.6 is 0 Å². The molecule has 0 aliphatic carbocycles. The van der Waals surface area contributed by atoms with E-state index in [1.54, 1.807) is 0 Å². The van der Waals surface area contributed by atoms with Crippen molar-refractivity contribution in [3.8, 4) is 6.19 Å². The average molecular weight is 214 g/mol. The van der Waals surface area contributed by atoms with Gasteiger partial charge >= 0.3 is 0 Å². The van der Waals surface area contributed by atoms with Crippen molar-refractivity contribution in [3.63, 3.8) is 0 Å². The molecule has 0 amide bonds. The third-order valence-corrected chi connectivity index (χ3v) is 2.52. The minimum absolute atomic E-state index is 0.113. The number of rotatable bonds is 1. The van der Waals surface area contributed by atoms with Gasteiger partial charge in [0.25, 0.3) is 0 Å². The topological polar surface area (TPSA) is 64.5 Å². The highest BCUT2D eigenvalue weighted by Gasteiger charge is 2.14. The Hall–Kier alpha value is -2.02. The van der Waals surface area contributed by atoms with Crippen LogP contribution in [0.15, 0.2) is 18.2 Å². The van der Waals surface area contributed by atoms with Crippen molar-refractivity contribution in [2.24, 2.45) is 0 Å². The van der Waals surface area contributed by atoms with Crippen LogP contribution in [0.2, 0.25) is 0 Å². The zero-order chi connectivity index (χ0) is 11.8. The Morgan fingerprint density at radius 3 is 2.75 bits per heavy atom. The maximum atomic E-state index is 8.51. The first-order valence-electron chi connectivity index (χ1n) is 5.16. The lowest BCUT2D eigenvalue weighted by atomic mass is 9.87. The van der Waals surface area contributed by atoms with Crippen molar-refractivity contribution in [3.05, 3.63) is 23.8 Å². The number of H-pyrrole nitrogens is 1. The van der Waals surface area contributed by atoms with Crippen LogP contribution in [0.5, 0.6) is 0 Å². The fraction of sp³-hybridized carbons (Fsp3) is 0.333. The summed E-state index contributed by atoms with van der Waals surface area (Å²) >= 11 is 0. The Kier molecular flexibility index (Phi) is 2.31. The summed E-state index contributed by atoms with van der Waals surface area (Å²) in [6.07, 6.45) is 1.85. The van der Waals surface area contributed by atoms with Gasteiger partial charge in [0.2, 0.25) is 5.95 Å². The first-order valence-corrected chi connectivity index (χ1v) is 5.16. The summed E-state index contributed by atoms with van der Waals surface area (Å²) in [5.41, 5.74) is 3.17. The predicted molar refractivity (Wildman–Crippen MR) is 64.0 cm³/mol. The standard InChI is InChI=1S/C12H14N4/c1-12(2,3)8-4-5-9-10(6-8)16-11(15-9)14-7-13/h4-6H,1-3H3,(H2,14,15,16). The number of hydrogen-bond acceptors (Lipinski definition) is 3. The molecule has 0 atom stereocenters. The summed E-state index contributed by atoms with van der Waals surface area (Å²) in [4.78, 5) is 7.30. The zero-order valence-corrected chi connectivity index (χ0v) is 9.63. The smallest absolute Gasteiger partial charge is 0.214 e. The number of benzene rings is 1. The van der Waals surface area contributed by atoms with Crippen molar-refractivity contribution in [2.75, 3.05) is 5.32 Å². The number of nitrogens with one attached hydrogen (secondary N) is 2. The first kappa shape index (κ1) is 10.5. The molecule has 2 aromatic rings. The number of imidazole rings is 1. The maximum Gasteiger partial charge on any atom is 0.214 e. The Morgan fingerprint density at radius 2 is 2.12 bits per heavy atom. The Morgan fingerprint density at radius 1 is 1.38 bits per heavy atom. The minimum Gasteiger partial charge on any atom is -0.323 e. The van der Waals surface area contributed by atoms with Gasteiger partial charge in [0.15, 0.2) is 6.19 Å². The van der Waals surface area contributed by atoms with Gasteiger partial charge in [0.1, 0.15) is 0 Å². The number of hydrogen-bond donors (Lipinski definition) is 2. The highest BCUT2D eigenvalue weighted by Crippen LogP contribution is 2.25. The van der Waals surface area contributed by atoms with E-state index in [0.29, 0.717) is 5.95 Å². The molecule has 1 aromatic heterocycles. The fourth-order valence-electron chi connectivity index (χ4n) is 1.59. The van der Waals surface area contributed by atoms with Gasteiger partial charge in [-0.15, -0.1) is 0 Å². The number of fused-ring (bicyclic) bond motifs is 1. The molecule has 2 N–H and O–H groups in total. The van der Waals surface area contributed by atoms with Crippen LogP contribution in [0.25, 0.3) is 11.0 Å². The van der Waals surface area contributed by atoms with Crippen molar-refractivity contribution in [1.82, 2.24) is 9.97 Å². The summed E-state index contributed by atoms with van der Waals surface area (Å²) in [6.45, 7) is 6.50. The summed E-state index contributed by atoms with van der Waals surface area (Å²) in [7, 11) is 0. The zero-order valence-electron chi connectivity index (χ0n) is 9.63. The molecular weight excluding hydrogens is 200 g/mol. The van der Waals surface area contributed by atoms with Crippen LogP contribution < -0.4 is 5.32 Å².